The Bertz CT molecular complexity index is 334. The third-order valence-corrected chi connectivity index (χ3v) is 1.72. The number of hydrogen-bond acceptors (Lipinski definition) is 2. The van der Waals surface area contributed by atoms with Gasteiger partial charge in [0.2, 0.25) is 0 Å². The zero-order valence-electron chi connectivity index (χ0n) is 8.35. The van der Waals surface area contributed by atoms with Crippen LogP contribution in [0.4, 0.5) is 0 Å². The zero-order valence-corrected chi connectivity index (χ0v) is 8.35. The number of aromatic nitrogens is 1. The van der Waals surface area contributed by atoms with Gasteiger partial charge >= 0.3 is 0 Å². The molecule has 72 valence electrons. The molecule has 0 aliphatic rings. The van der Waals surface area contributed by atoms with Gasteiger partial charge in [0.1, 0.15) is 0 Å². The van der Waals surface area contributed by atoms with Crippen LogP contribution >= 0.6 is 0 Å². The van der Waals surface area contributed by atoms with E-state index in [-0.39, 0.29) is 0 Å². The molecule has 0 aromatic carbocycles. The molecule has 0 aliphatic heterocycles. The van der Waals surface area contributed by atoms with Crippen molar-refractivity contribution in [2.75, 3.05) is 0 Å². The van der Waals surface area contributed by atoms with E-state index in [1.807, 2.05) is 31.2 Å². The second-order valence-corrected chi connectivity index (χ2v) is 2.80. The lowest BCUT2D eigenvalue weighted by Crippen LogP contribution is -1.87. The van der Waals surface area contributed by atoms with Crippen molar-refractivity contribution in [3.05, 3.63) is 48.3 Å². The van der Waals surface area contributed by atoms with Crippen LogP contribution in [0.1, 0.15) is 18.2 Å². The second kappa shape index (κ2) is 5.86. The molecule has 1 aromatic rings. The molecular formula is C12H14N2. The Morgan fingerprint density at radius 3 is 2.93 bits per heavy atom. The largest absolute Gasteiger partial charge is 0.287 e. The van der Waals surface area contributed by atoms with Crippen LogP contribution in [0, 0.1) is 0 Å². The molecule has 0 atom stereocenters. The highest BCUT2D eigenvalue weighted by Gasteiger charge is 1.90. The van der Waals surface area contributed by atoms with Crippen molar-refractivity contribution in [1.82, 2.24) is 4.98 Å². The molecule has 1 heterocycles. The molecule has 0 spiro atoms. The standard InChI is InChI=1S/C12H14N2/c1-3-5-8-13-10-12-7-6-11(4-2)9-14-12/h3-9H,2,10H2,1H3/b5-3-,13-8?. The quantitative estimate of drug-likeness (QED) is 0.664. The normalized spacial score (nSPS) is 11.2. The summed E-state index contributed by atoms with van der Waals surface area (Å²) >= 11 is 0. The summed E-state index contributed by atoms with van der Waals surface area (Å²) < 4.78 is 0. The van der Waals surface area contributed by atoms with Crippen molar-refractivity contribution in [2.24, 2.45) is 4.99 Å². The van der Waals surface area contributed by atoms with Crippen molar-refractivity contribution in [2.45, 2.75) is 13.5 Å². The van der Waals surface area contributed by atoms with Crippen molar-refractivity contribution >= 4 is 12.3 Å². The minimum Gasteiger partial charge on any atom is -0.287 e. The lowest BCUT2D eigenvalue weighted by molar-refractivity contribution is 0.995. The highest BCUT2D eigenvalue weighted by molar-refractivity contribution is 5.70. The predicted octanol–water partition coefficient (Wildman–Crippen LogP) is 2.87. The van der Waals surface area contributed by atoms with Crippen LogP contribution in [0.15, 0.2) is 42.1 Å². The van der Waals surface area contributed by atoms with Gasteiger partial charge in [-0.05, 0) is 24.6 Å². The van der Waals surface area contributed by atoms with E-state index in [0.717, 1.165) is 11.3 Å². The average Bonchev–Trinajstić information content (AvgIpc) is 2.25. The van der Waals surface area contributed by atoms with Gasteiger partial charge in [-0.1, -0.05) is 24.8 Å². The van der Waals surface area contributed by atoms with E-state index in [0.29, 0.717) is 6.54 Å². The van der Waals surface area contributed by atoms with Crippen molar-refractivity contribution in [3.63, 3.8) is 0 Å². The maximum Gasteiger partial charge on any atom is 0.0811 e. The molecule has 0 bridgehead atoms. The highest BCUT2D eigenvalue weighted by Crippen LogP contribution is 2.02. The van der Waals surface area contributed by atoms with E-state index < -0.39 is 0 Å². The molecule has 1 rings (SSSR count). The van der Waals surface area contributed by atoms with Gasteiger partial charge in [-0.3, -0.25) is 9.98 Å². The number of allylic oxidation sites excluding steroid dienone is 2. The first-order valence-electron chi connectivity index (χ1n) is 4.55. The first kappa shape index (κ1) is 10.4. The van der Waals surface area contributed by atoms with Gasteiger partial charge in [0.15, 0.2) is 0 Å². The first-order valence-corrected chi connectivity index (χ1v) is 4.55. The molecule has 0 saturated carbocycles. The molecule has 2 nitrogen and oxygen atoms in total. The average molecular weight is 186 g/mol. The van der Waals surface area contributed by atoms with E-state index in [1.165, 1.54) is 0 Å². The Morgan fingerprint density at radius 1 is 1.50 bits per heavy atom. The molecule has 0 aliphatic carbocycles. The minimum absolute atomic E-state index is 0.627. The van der Waals surface area contributed by atoms with E-state index in [1.54, 1.807) is 18.5 Å². The second-order valence-electron chi connectivity index (χ2n) is 2.80. The molecule has 1 aromatic heterocycles. The maximum absolute atomic E-state index is 4.24. The highest BCUT2D eigenvalue weighted by atomic mass is 14.8. The summed E-state index contributed by atoms with van der Waals surface area (Å²) in [4.78, 5) is 8.42. The Hall–Kier alpha value is -1.70. The van der Waals surface area contributed by atoms with Crippen LogP contribution in [0.2, 0.25) is 0 Å². The van der Waals surface area contributed by atoms with Crippen molar-refractivity contribution < 1.29 is 0 Å². The van der Waals surface area contributed by atoms with Crippen LogP contribution in [-0.2, 0) is 6.54 Å². The predicted molar refractivity (Wildman–Crippen MR) is 61.3 cm³/mol. The molecule has 0 unspecified atom stereocenters. The minimum atomic E-state index is 0.627. The fourth-order valence-corrected chi connectivity index (χ4v) is 0.943. The summed E-state index contributed by atoms with van der Waals surface area (Å²) in [5.41, 5.74) is 2.00. The molecule has 0 radical (unpaired) electrons. The third kappa shape index (κ3) is 3.35. The Labute approximate surface area is 84.7 Å². The zero-order chi connectivity index (χ0) is 10.2. The molecule has 14 heavy (non-hydrogen) atoms. The first-order chi connectivity index (χ1) is 6.86. The lowest BCUT2D eigenvalue weighted by atomic mass is 10.2. The van der Waals surface area contributed by atoms with Gasteiger partial charge in [-0.15, -0.1) is 0 Å². The van der Waals surface area contributed by atoms with Gasteiger partial charge in [0.05, 0.1) is 12.2 Å². The summed E-state index contributed by atoms with van der Waals surface area (Å²) in [5, 5.41) is 0. The van der Waals surface area contributed by atoms with Crippen LogP contribution in [0.5, 0.6) is 0 Å². The van der Waals surface area contributed by atoms with Crippen LogP contribution in [-0.4, -0.2) is 11.2 Å². The van der Waals surface area contributed by atoms with Gasteiger partial charge in [-0.25, -0.2) is 0 Å². The summed E-state index contributed by atoms with van der Waals surface area (Å²) in [5.74, 6) is 0. The number of aliphatic imine (C=N–C) groups is 1. The summed E-state index contributed by atoms with van der Waals surface area (Å²) in [6, 6.07) is 3.95. The smallest absolute Gasteiger partial charge is 0.0811 e. The van der Waals surface area contributed by atoms with E-state index in [2.05, 4.69) is 16.6 Å². The molecular weight excluding hydrogens is 172 g/mol. The Morgan fingerprint density at radius 2 is 2.36 bits per heavy atom. The fourth-order valence-electron chi connectivity index (χ4n) is 0.943. The maximum atomic E-state index is 4.24. The Kier molecular flexibility index (Phi) is 4.35. The van der Waals surface area contributed by atoms with Gasteiger partial charge in [0.25, 0.3) is 0 Å². The van der Waals surface area contributed by atoms with Gasteiger partial charge < -0.3 is 0 Å². The third-order valence-electron chi connectivity index (χ3n) is 1.72. The monoisotopic (exact) mass is 186 g/mol. The lowest BCUT2D eigenvalue weighted by Gasteiger charge is -1.95. The summed E-state index contributed by atoms with van der Waals surface area (Å²) in [7, 11) is 0. The molecule has 2 heteroatoms. The molecule has 0 saturated heterocycles. The van der Waals surface area contributed by atoms with Gasteiger partial charge in [0, 0.05) is 12.4 Å². The number of nitrogens with zero attached hydrogens (tertiary/aromatic N) is 2. The summed E-state index contributed by atoms with van der Waals surface area (Å²) in [6.45, 7) is 6.26. The fraction of sp³-hybridized carbons (Fsp3) is 0.167. The van der Waals surface area contributed by atoms with Crippen molar-refractivity contribution in [1.29, 1.82) is 0 Å². The SMILES string of the molecule is C=Cc1ccc(CN=C/C=C\C)nc1. The number of pyridine rings is 1. The van der Waals surface area contributed by atoms with Gasteiger partial charge in [-0.2, -0.15) is 0 Å². The van der Waals surface area contributed by atoms with Crippen molar-refractivity contribution in [3.8, 4) is 0 Å². The van der Waals surface area contributed by atoms with E-state index in [9.17, 15) is 0 Å². The van der Waals surface area contributed by atoms with Crippen LogP contribution < -0.4 is 0 Å². The summed E-state index contributed by atoms with van der Waals surface area (Å²) in [6.07, 6.45) is 9.20. The van der Waals surface area contributed by atoms with E-state index in [4.69, 9.17) is 0 Å². The Balaban J connectivity index is 2.55. The van der Waals surface area contributed by atoms with Crippen LogP contribution in [0.25, 0.3) is 6.08 Å². The molecule has 0 fully saturated rings. The number of hydrogen-bond donors (Lipinski definition) is 0. The van der Waals surface area contributed by atoms with E-state index >= 15 is 0 Å². The number of rotatable bonds is 4. The molecule has 0 N–H and O–H groups in total. The van der Waals surface area contributed by atoms with Crippen LogP contribution in [0.3, 0.4) is 0 Å². The molecule has 0 amide bonds. The topological polar surface area (TPSA) is 25.2 Å².